The van der Waals surface area contributed by atoms with E-state index in [0.717, 1.165) is 25.7 Å². The molecule has 2 rings (SSSR count). The van der Waals surface area contributed by atoms with Gasteiger partial charge in [0, 0.05) is 24.2 Å². The van der Waals surface area contributed by atoms with Gasteiger partial charge in [0.25, 0.3) is 15.9 Å². The highest BCUT2D eigenvalue weighted by atomic mass is 32.2. The van der Waals surface area contributed by atoms with Gasteiger partial charge in [0.1, 0.15) is 0 Å². The zero-order valence-corrected chi connectivity index (χ0v) is 17.2. The van der Waals surface area contributed by atoms with Crippen molar-refractivity contribution in [3.8, 4) is 0 Å². The van der Waals surface area contributed by atoms with Crippen molar-refractivity contribution >= 4 is 27.6 Å². The zero-order chi connectivity index (χ0) is 21.1. The van der Waals surface area contributed by atoms with Crippen LogP contribution in [-0.2, 0) is 19.6 Å². The van der Waals surface area contributed by atoms with E-state index in [2.05, 4.69) is 14.8 Å². The van der Waals surface area contributed by atoms with Crippen molar-refractivity contribution in [2.75, 3.05) is 18.4 Å². The SMILES string of the molecule is COC(=O)CCCCCCNC(=O)c1ccc(S(=O)(=O)Nc2ccccc2)cc1. The van der Waals surface area contributed by atoms with Crippen LogP contribution in [0.1, 0.15) is 42.5 Å². The zero-order valence-electron chi connectivity index (χ0n) is 16.4. The Morgan fingerprint density at radius 3 is 2.21 bits per heavy atom. The topological polar surface area (TPSA) is 102 Å². The number of anilines is 1. The van der Waals surface area contributed by atoms with Gasteiger partial charge in [-0.15, -0.1) is 0 Å². The Bertz CT molecular complexity index is 896. The molecule has 1 amide bonds. The summed E-state index contributed by atoms with van der Waals surface area (Å²) < 4.78 is 31.9. The number of methoxy groups -OCH3 is 1. The quantitative estimate of drug-likeness (QED) is 0.430. The van der Waals surface area contributed by atoms with Crippen LogP contribution < -0.4 is 10.0 Å². The van der Waals surface area contributed by atoms with Crippen molar-refractivity contribution in [3.63, 3.8) is 0 Å². The monoisotopic (exact) mass is 418 g/mol. The highest BCUT2D eigenvalue weighted by Crippen LogP contribution is 2.16. The van der Waals surface area contributed by atoms with E-state index in [1.807, 2.05) is 0 Å². The second-order valence-electron chi connectivity index (χ2n) is 6.49. The molecular formula is C21H26N2O5S. The minimum absolute atomic E-state index is 0.0866. The van der Waals surface area contributed by atoms with Crippen LogP contribution in [0, 0.1) is 0 Å². The molecule has 0 saturated heterocycles. The van der Waals surface area contributed by atoms with Crippen LogP contribution >= 0.6 is 0 Å². The summed E-state index contributed by atoms with van der Waals surface area (Å²) in [7, 11) is -2.33. The molecule has 2 aromatic rings. The first-order valence-corrected chi connectivity index (χ1v) is 10.9. The van der Waals surface area contributed by atoms with E-state index in [-0.39, 0.29) is 16.8 Å². The van der Waals surface area contributed by atoms with Crippen molar-refractivity contribution in [3.05, 3.63) is 60.2 Å². The first-order valence-electron chi connectivity index (χ1n) is 9.45. The number of carbonyl (C=O) groups is 2. The largest absolute Gasteiger partial charge is 0.469 e. The minimum atomic E-state index is -3.71. The average molecular weight is 419 g/mol. The van der Waals surface area contributed by atoms with Gasteiger partial charge in [0.15, 0.2) is 0 Å². The molecule has 0 atom stereocenters. The third-order valence-electron chi connectivity index (χ3n) is 4.27. The smallest absolute Gasteiger partial charge is 0.305 e. The Morgan fingerprint density at radius 2 is 1.55 bits per heavy atom. The molecule has 0 heterocycles. The fraction of sp³-hybridized carbons (Fsp3) is 0.333. The van der Waals surface area contributed by atoms with Crippen molar-refractivity contribution in [2.24, 2.45) is 0 Å². The molecular weight excluding hydrogens is 392 g/mol. The van der Waals surface area contributed by atoms with Gasteiger partial charge in [-0.05, 0) is 49.2 Å². The molecule has 0 unspecified atom stereocenters. The van der Waals surface area contributed by atoms with Crippen molar-refractivity contribution < 1.29 is 22.7 Å². The molecule has 7 nitrogen and oxygen atoms in total. The van der Waals surface area contributed by atoms with Gasteiger partial charge in [-0.25, -0.2) is 8.42 Å². The molecule has 0 aliphatic heterocycles. The van der Waals surface area contributed by atoms with E-state index >= 15 is 0 Å². The fourth-order valence-electron chi connectivity index (χ4n) is 2.66. The minimum Gasteiger partial charge on any atom is -0.469 e. The van der Waals surface area contributed by atoms with Gasteiger partial charge in [0.2, 0.25) is 0 Å². The molecule has 0 fully saturated rings. The van der Waals surface area contributed by atoms with E-state index in [0.29, 0.717) is 24.2 Å². The van der Waals surface area contributed by atoms with Crippen molar-refractivity contribution in [1.29, 1.82) is 0 Å². The summed E-state index contributed by atoms with van der Waals surface area (Å²) in [5.41, 5.74) is 0.871. The Balaban J connectivity index is 1.77. The van der Waals surface area contributed by atoms with Crippen molar-refractivity contribution in [2.45, 2.75) is 37.0 Å². The molecule has 0 aromatic heterocycles. The fourth-order valence-corrected chi connectivity index (χ4v) is 3.72. The van der Waals surface area contributed by atoms with E-state index in [1.165, 1.54) is 31.4 Å². The number of esters is 1. The second kappa shape index (κ2) is 11.2. The van der Waals surface area contributed by atoms with Crippen LogP contribution in [0.15, 0.2) is 59.5 Å². The number of hydrogen-bond donors (Lipinski definition) is 2. The van der Waals surface area contributed by atoms with Crippen LogP contribution in [0.3, 0.4) is 0 Å². The number of nitrogens with one attached hydrogen (secondary N) is 2. The van der Waals surface area contributed by atoms with E-state index in [4.69, 9.17) is 0 Å². The first kappa shape index (κ1) is 22.4. The number of unbranched alkanes of at least 4 members (excludes halogenated alkanes) is 3. The number of ether oxygens (including phenoxy) is 1. The summed E-state index contributed by atoms with van der Waals surface area (Å²) in [5.74, 6) is -0.456. The van der Waals surface area contributed by atoms with Crippen LogP contribution in [0.25, 0.3) is 0 Å². The van der Waals surface area contributed by atoms with Gasteiger partial charge in [-0.3, -0.25) is 14.3 Å². The normalized spacial score (nSPS) is 10.9. The first-order chi connectivity index (χ1) is 13.9. The summed E-state index contributed by atoms with van der Waals surface area (Å²) in [5, 5.41) is 2.81. The van der Waals surface area contributed by atoms with Crippen molar-refractivity contribution in [1.82, 2.24) is 5.32 Å². The molecule has 29 heavy (non-hydrogen) atoms. The highest BCUT2D eigenvalue weighted by Gasteiger charge is 2.15. The third-order valence-corrected chi connectivity index (χ3v) is 5.67. The van der Waals surface area contributed by atoms with Gasteiger partial charge in [-0.1, -0.05) is 31.0 Å². The number of benzene rings is 2. The molecule has 0 saturated carbocycles. The lowest BCUT2D eigenvalue weighted by molar-refractivity contribution is -0.140. The summed E-state index contributed by atoms with van der Waals surface area (Å²) in [6.45, 7) is 0.521. The Labute approximate surface area is 171 Å². The number of para-hydroxylation sites is 1. The van der Waals surface area contributed by atoms with Crippen LogP contribution in [-0.4, -0.2) is 33.9 Å². The second-order valence-corrected chi connectivity index (χ2v) is 8.17. The third kappa shape index (κ3) is 7.57. The maximum Gasteiger partial charge on any atom is 0.305 e. The van der Waals surface area contributed by atoms with Gasteiger partial charge < -0.3 is 10.1 Å². The molecule has 0 spiro atoms. The number of sulfonamides is 1. The summed E-state index contributed by atoms with van der Waals surface area (Å²) >= 11 is 0. The number of rotatable bonds is 11. The molecule has 8 heteroatoms. The van der Waals surface area contributed by atoms with Crippen LogP contribution in [0.2, 0.25) is 0 Å². The molecule has 156 valence electrons. The molecule has 2 N–H and O–H groups in total. The Hall–Kier alpha value is -2.87. The van der Waals surface area contributed by atoms with E-state index in [9.17, 15) is 18.0 Å². The maximum atomic E-state index is 12.4. The maximum absolute atomic E-state index is 12.4. The lowest BCUT2D eigenvalue weighted by Crippen LogP contribution is -2.24. The van der Waals surface area contributed by atoms with Crippen LogP contribution in [0.4, 0.5) is 5.69 Å². The summed E-state index contributed by atoms with van der Waals surface area (Å²) in [6.07, 6.45) is 3.79. The van der Waals surface area contributed by atoms with Crippen LogP contribution in [0.5, 0.6) is 0 Å². The van der Waals surface area contributed by atoms with Gasteiger partial charge in [-0.2, -0.15) is 0 Å². The number of amides is 1. The molecule has 2 aromatic carbocycles. The predicted octanol–water partition coefficient (Wildman–Crippen LogP) is 3.34. The highest BCUT2D eigenvalue weighted by molar-refractivity contribution is 7.92. The lowest BCUT2D eigenvalue weighted by atomic mass is 10.1. The van der Waals surface area contributed by atoms with Gasteiger partial charge in [0.05, 0.1) is 12.0 Å². The summed E-state index contributed by atoms with van der Waals surface area (Å²) in [6, 6.07) is 14.4. The van der Waals surface area contributed by atoms with E-state index < -0.39 is 10.0 Å². The lowest BCUT2D eigenvalue weighted by Gasteiger charge is -2.09. The van der Waals surface area contributed by atoms with Gasteiger partial charge >= 0.3 is 5.97 Å². The molecule has 0 bridgehead atoms. The molecule has 0 aliphatic carbocycles. The average Bonchev–Trinajstić information content (AvgIpc) is 2.73. The standard InChI is InChI=1S/C21H26N2O5S/c1-28-20(24)11-7-2-3-8-16-22-21(25)17-12-14-19(15-13-17)29(26,27)23-18-9-5-4-6-10-18/h4-6,9-10,12-15,23H,2-3,7-8,11,16H2,1H3,(H,22,25). The Morgan fingerprint density at radius 1 is 0.897 bits per heavy atom. The molecule has 0 radical (unpaired) electrons. The molecule has 0 aliphatic rings. The van der Waals surface area contributed by atoms with E-state index in [1.54, 1.807) is 30.3 Å². The summed E-state index contributed by atoms with van der Waals surface area (Å²) in [4.78, 5) is 23.3. The number of hydrogen-bond acceptors (Lipinski definition) is 5. The number of carbonyl (C=O) groups excluding carboxylic acids is 2. The predicted molar refractivity (Wildman–Crippen MR) is 111 cm³/mol. The Kier molecular flexibility index (Phi) is 8.67.